The second-order valence-electron chi connectivity index (χ2n) is 10.6. The number of hydrogen-bond acceptors (Lipinski definition) is 6. The first-order valence-electron chi connectivity index (χ1n) is 14.1. The van der Waals surface area contributed by atoms with Crippen molar-refractivity contribution in [2.45, 2.75) is 57.8 Å². The lowest BCUT2D eigenvalue weighted by Gasteiger charge is -2.21. The standard InChI is InChI=1S/C32H35NO7/c34-31(35)27(32(36)37)11-5-2-6-17-38-23-13-15-25-22(18-23)10-7-12-26(25)30-33-28-16-14-24(19-29(28)40-30)39-20-21-8-3-1-4-9-21/h7,10,12-16,18-19,21,27H,1-6,8-9,11,17,20H2,(H,34,35)(H,36,37). The third-order valence-electron chi connectivity index (χ3n) is 7.65. The van der Waals surface area contributed by atoms with Crippen molar-refractivity contribution in [3.63, 3.8) is 0 Å². The van der Waals surface area contributed by atoms with E-state index in [0.29, 0.717) is 43.3 Å². The zero-order valence-electron chi connectivity index (χ0n) is 22.5. The molecule has 1 saturated carbocycles. The minimum absolute atomic E-state index is 0.119. The van der Waals surface area contributed by atoms with E-state index in [1.54, 1.807) is 0 Å². The topological polar surface area (TPSA) is 119 Å². The van der Waals surface area contributed by atoms with Crippen LogP contribution >= 0.6 is 0 Å². The molecule has 1 heterocycles. The number of unbranched alkanes of at least 4 members (excludes halogenated alkanes) is 2. The van der Waals surface area contributed by atoms with Crippen molar-refractivity contribution in [1.29, 1.82) is 0 Å². The molecule has 8 nitrogen and oxygen atoms in total. The maximum absolute atomic E-state index is 11.0. The fourth-order valence-corrected chi connectivity index (χ4v) is 5.39. The number of ether oxygens (including phenoxy) is 2. The lowest BCUT2D eigenvalue weighted by Crippen LogP contribution is -2.23. The molecule has 210 valence electrons. The Balaban J connectivity index is 1.20. The summed E-state index contributed by atoms with van der Waals surface area (Å²) in [4.78, 5) is 26.7. The van der Waals surface area contributed by atoms with Crippen LogP contribution in [0.15, 0.2) is 59.0 Å². The van der Waals surface area contributed by atoms with Gasteiger partial charge in [0.1, 0.15) is 17.0 Å². The molecule has 5 rings (SSSR count). The summed E-state index contributed by atoms with van der Waals surface area (Å²) in [5, 5.41) is 19.9. The van der Waals surface area contributed by atoms with Gasteiger partial charge in [-0.2, -0.15) is 0 Å². The third-order valence-corrected chi connectivity index (χ3v) is 7.65. The van der Waals surface area contributed by atoms with Gasteiger partial charge >= 0.3 is 11.9 Å². The predicted octanol–water partition coefficient (Wildman–Crippen LogP) is 7.33. The quantitative estimate of drug-likeness (QED) is 0.132. The normalized spacial score (nSPS) is 14.1. The van der Waals surface area contributed by atoms with Crippen molar-refractivity contribution in [2.75, 3.05) is 13.2 Å². The summed E-state index contributed by atoms with van der Waals surface area (Å²) in [5.74, 6) is -1.20. The van der Waals surface area contributed by atoms with E-state index in [1.165, 1.54) is 32.1 Å². The maximum Gasteiger partial charge on any atom is 0.317 e. The fourth-order valence-electron chi connectivity index (χ4n) is 5.39. The average Bonchev–Trinajstić information content (AvgIpc) is 3.38. The van der Waals surface area contributed by atoms with Crippen molar-refractivity contribution >= 4 is 33.8 Å². The maximum atomic E-state index is 11.0. The van der Waals surface area contributed by atoms with E-state index in [1.807, 2.05) is 54.6 Å². The van der Waals surface area contributed by atoms with Gasteiger partial charge in [0.15, 0.2) is 11.5 Å². The van der Waals surface area contributed by atoms with E-state index >= 15 is 0 Å². The van der Waals surface area contributed by atoms with Crippen LogP contribution in [0.25, 0.3) is 33.3 Å². The number of rotatable bonds is 13. The molecule has 4 aromatic rings. The molecular weight excluding hydrogens is 510 g/mol. The highest BCUT2D eigenvalue weighted by Crippen LogP contribution is 2.34. The Morgan fingerprint density at radius 2 is 1.68 bits per heavy atom. The van der Waals surface area contributed by atoms with Gasteiger partial charge in [-0.1, -0.05) is 44.2 Å². The van der Waals surface area contributed by atoms with Crippen LogP contribution in [0.1, 0.15) is 57.8 Å². The highest BCUT2D eigenvalue weighted by molar-refractivity contribution is 5.96. The molecule has 1 aliphatic carbocycles. The molecule has 3 aromatic carbocycles. The molecule has 2 N–H and O–H groups in total. The van der Waals surface area contributed by atoms with Gasteiger partial charge in [-0.25, -0.2) is 4.98 Å². The largest absolute Gasteiger partial charge is 0.494 e. The molecule has 40 heavy (non-hydrogen) atoms. The van der Waals surface area contributed by atoms with Crippen molar-refractivity contribution in [3.05, 3.63) is 54.6 Å². The highest BCUT2D eigenvalue weighted by atomic mass is 16.5. The Morgan fingerprint density at radius 3 is 2.48 bits per heavy atom. The van der Waals surface area contributed by atoms with Gasteiger partial charge < -0.3 is 24.1 Å². The zero-order valence-corrected chi connectivity index (χ0v) is 22.5. The molecule has 8 heteroatoms. The number of nitrogens with zero attached hydrogens (tertiary/aromatic N) is 1. The second kappa shape index (κ2) is 12.9. The van der Waals surface area contributed by atoms with Crippen molar-refractivity contribution in [1.82, 2.24) is 4.98 Å². The monoisotopic (exact) mass is 545 g/mol. The number of oxazole rings is 1. The number of carbonyl (C=O) groups is 2. The summed E-state index contributed by atoms with van der Waals surface area (Å²) in [6, 6.07) is 17.7. The summed E-state index contributed by atoms with van der Waals surface area (Å²) >= 11 is 0. The third kappa shape index (κ3) is 6.73. The molecule has 0 atom stereocenters. The molecule has 0 bridgehead atoms. The molecule has 0 saturated heterocycles. The van der Waals surface area contributed by atoms with Crippen LogP contribution < -0.4 is 9.47 Å². The SMILES string of the molecule is O=C(O)C(CCCCCOc1ccc2c(-c3nc4ccc(OCC5CCCCC5)cc4o3)cccc2c1)C(=O)O. The summed E-state index contributed by atoms with van der Waals surface area (Å²) in [6.45, 7) is 1.21. The summed E-state index contributed by atoms with van der Waals surface area (Å²) in [6.07, 6.45) is 8.45. The van der Waals surface area contributed by atoms with E-state index in [-0.39, 0.29) is 6.42 Å². The Hall–Kier alpha value is -4.07. The minimum atomic E-state index is -1.35. The molecule has 0 amide bonds. The van der Waals surface area contributed by atoms with Crippen LogP contribution in [0.5, 0.6) is 11.5 Å². The van der Waals surface area contributed by atoms with E-state index in [2.05, 4.69) is 0 Å². The van der Waals surface area contributed by atoms with Gasteiger partial charge in [0, 0.05) is 11.6 Å². The van der Waals surface area contributed by atoms with E-state index < -0.39 is 17.9 Å². The number of fused-ring (bicyclic) bond motifs is 2. The van der Waals surface area contributed by atoms with Gasteiger partial charge in [-0.3, -0.25) is 9.59 Å². The summed E-state index contributed by atoms with van der Waals surface area (Å²) in [7, 11) is 0. The van der Waals surface area contributed by atoms with Crippen LogP contribution in [-0.4, -0.2) is 40.3 Å². The first kappa shape index (κ1) is 27.5. The van der Waals surface area contributed by atoms with Crippen molar-refractivity contribution in [3.8, 4) is 23.0 Å². The van der Waals surface area contributed by atoms with Gasteiger partial charge in [0.25, 0.3) is 0 Å². The van der Waals surface area contributed by atoms with Gasteiger partial charge in [0.05, 0.1) is 13.2 Å². The van der Waals surface area contributed by atoms with Gasteiger partial charge in [-0.15, -0.1) is 0 Å². The molecular formula is C32H35NO7. The number of aliphatic carboxylic acids is 2. The Bertz CT molecular complexity index is 1460. The molecule has 0 radical (unpaired) electrons. The average molecular weight is 546 g/mol. The molecule has 0 unspecified atom stereocenters. The molecule has 0 spiro atoms. The van der Waals surface area contributed by atoms with E-state index in [4.69, 9.17) is 29.1 Å². The first-order valence-corrected chi connectivity index (χ1v) is 14.1. The Morgan fingerprint density at radius 1 is 0.900 bits per heavy atom. The van der Waals surface area contributed by atoms with Crippen molar-refractivity contribution in [2.24, 2.45) is 11.8 Å². The molecule has 1 aromatic heterocycles. The Kier molecular flexibility index (Phi) is 8.84. The predicted molar refractivity (Wildman–Crippen MR) is 152 cm³/mol. The van der Waals surface area contributed by atoms with Gasteiger partial charge in [0.2, 0.25) is 5.89 Å². The van der Waals surface area contributed by atoms with Crippen LogP contribution in [0.4, 0.5) is 0 Å². The van der Waals surface area contributed by atoms with Crippen molar-refractivity contribution < 1.29 is 33.7 Å². The Labute approximate surface area is 232 Å². The number of carboxylic acids is 2. The minimum Gasteiger partial charge on any atom is -0.494 e. The first-order chi connectivity index (χ1) is 19.5. The van der Waals surface area contributed by atoms with Crippen LogP contribution in [-0.2, 0) is 9.59 Å². The highest BCUT2D eigenvalue weighted by Gasteiger charge is 2.24. The molecule has 0 aliphatic heterocycles. The lowest BCUT2D eigenvalue weighted by atomic mass is 9.90. The summed E-state index contributed by atoms with van der Waals surface area (Å²) in [5.41, 5.74) is 2.39. The fraction of sp³-hybridized carbons (Fsp3) is 0.406. The van der Waals surface area contributed by atoms with E-state index in [0.717, 1.165) is 40.0 Å². The number of benzene rings is 3. The number of hydrogen-bond donors (Lipinski definition) is 2. The number of carboxylic acid groups (broad SMARTS) is 2. The zero-order chi connectivity index (χ0) is 27.9. The lowest BCUT2D eigenvalue weighted by molar-refractivity contribution is -0.154. The van der Waals surface area contributed by atoms with Gasteiger partial charge in [-0.05, 0) is 78.8 Å². The molecule has 1 aliphatic rings. The second-order valence-corrected chi connectivity index (χ2v) is 10.6. The molecule has 1 fully saturated rings. The summed E-state index contributed by atoms with van der Waals surface area (Å²) < 4.78 is 18.2. The van der Waals surface area contributed by atoms with Crippen LogP contribution in [0.2, 0.25) is 0 Å². The van der Waals surface area contributed by atoms with Crippen LogP contribution in [0.3, 0.4) is 0 Å². The smallest absolute Gasteiger partial charge is 0.317 e. The number of aromatic nitrogens is 1. The van der Waals surface area contributed by atoms with Crippen LogP contribution in [0, 0.1) is 11.8 Å². The van der Waals surface area contributed by atoms with E-state index in [9.17, 15) is 9.59 Å².